The molecule has 2 atom stereocenters. The fraction of sp³-hybridized carbons (Fsp3) is 0.556. The van der Waals surface area contributed by atoms with E-state index in [1.165, 1.54) is 10.4 Å². The first-order valence-corrected chi connectivity index (χ1v) is 10.6. The molecule has 1 aromatic carbocycles. The summed E-state index contributed by atoms with van der Waals surface area (Å²) in [5.74, 6) is -0.220. The highest BCUT2D eigenvalue weighted by Crippen LogP contribution is 2.35. The van der Waals surface area contributed by atoms with Gasteiger partial charge in [0.05, 0.1) is 10.6 Å². The largest absolute Gasteiger partial charge is 0.482 e. The second kappa shape index (κ2) is 7.47. The van der Waals surface area contributed by atoms with Gasteiger partial charge >= 0.3 is 0 Å². The van der Waals surface area contributed by atoms with Crippen LogP contribution in [0.2, 0.25) is 0 Å². The molecule has 9 heteroatoms. The van der Waals surface area contributed by atoms with E-state index in [4.69, 9.17) is 4.74 Å². The van der Waals surface area contributed by atoms with Crippen molar-refractivity contribution in [3.8, 4) is 5.75 Å². The molecule has 2 amide bonds. The Bertz CT molecular complexity index is 868. The standard InChI is InChI=1S/C18H25N3O5S/c1-4-12(3)19-18(23)14-6-5-7-21(14)27(24,25)16-9-15-13(8-11(16)2)20-17(22)10-26-15/h8-9,12,14H,4-7,10H2,1-3H3,(H,19,23)(H,20,22)/t12-,14+/m1/s1. The van der Waals surface area contributed by atoms with Crippen LogP contribution < -0.4 is 15.4 Å². The van der Waals surface area contributed by atoms with Crippen LogP contribution in [0.5, 0.6) is 5.75 Å². The van der Waals surface area contributed by atoms with Crippen molar-refractivity contribution in [2.75, 3.05) is 18.5 Å². The van der Waals surface area contributed by atoms with Crippen LogP contribution in [0.3, 0.4) is 0 Å². The first-order chi connectivity index (χ1) is 12.7. The maximum Gasteiger partial charge on any atom is 0.262 e. The van der Waals surface area contributed by atoms with Gasteiger partial charge in [0.2, 0.25) is 15.9 Å². The second-order valence-corrected chi connectivity index (χ2v) is 8.90. The molecule has 2 aliphatic heterocycles. The maximum atomic E-state index is 13.3. The molecule has 2 aliphatic rings. The highest BCUT2D eigenvalue weighted by atomic mass is 32.2. The Morgan fingerprint density at radius 2 is 2.19 bits per heavy atom. The Hall–Kier alpha value is -2.13. The number of nitrogens with one attached hydrogen (secondary N) is 2. The van der Waals surface area contributed by atoms with E-state index in [1.807, 2.05) is 13.8 Å². The number of carbonyl (C=O) groups excluding carboxylic acids is 2. The van der Waals surface area contributed by atoms with Gasteiger partial charge in [-0.15, -0.1) is 0 Å². The topological polar surface area (TPSA) is 105 Å². The quantitative estimate of drug-likeness (QED) is 0.784. The summed E-state index contributed by atoms with van der Waals surface area (Å²) >= 11 is 0. The van der Waals surface area contributed by atoms with Gasteiger partial charge in [0.15, 0.2) is 6.61 Å². The monoisotopic (exact) mass is 395 g/mol. The SMILES string of the molecule is CC[C@@H](C)NC(=O)[C@@H]1CCCN1S(=O)(=O)c1cc2c(cc1C)NC(=O)CO2. The molecule has 0 bridgehead atoms. The number of benzene rings is 1. The number of rotatable bonds is 5. The Kier molecular flexibility index (Phi) is 5.43. The minimum atomic E-state index is -3.87. The number of hydrogen-bond acceptors (Lipinski definition) is 5. The Balaban J connectivity index is 1.91. The molecule has 3 rings (SSSR count). The minimum Gasteiger partial charge on any atom is -0.482 e. The van der Waals surface area contributed by atoms with Gasteiger partial charge in [-0.1, -0.05) is 6.92 Å². The van der Waals surface area contributed by atoms with Crippen LogP contribution in [0, 0.1) is 6.92 Å². The van der Waals surface area contributed by atoms with Gasteiger partial charge in [0.25, 0.3) is 5.91 Å². The van der Waals surface area contributed by atoms with E-state index in [2.05, 4.69) is 10.6 Å². The predicted molar refractivity (Wildman–Crippen MR) is 100 cm³/mol. The molecule has 2 heterocycles. The van der Waals surface area contributed by atoms with E-state index < -0.39 is 16.1 Å². The number of nitrogens with zero attached hydrogens (tertiary/aromatic N) is 1. The lowest BCUT2D eigenvalue weighted by Crippen LogP contribution is -2.48. The lowest BCUT2D eigenvalue weighted by atomic mass is 10.2. The van der Waals surface area contributed by atoms with E-state index in [0.717, 1.165) is 6.42 Å². The van der Waals surface area contributed by atoms with Crippen LogP contribution in [0.15, 0.2) is 17.0 Å². The molecular weight excluding hydrogens is 370 g/mol. The van der Waals surface area contributed by atoms with E-state index >= 15 is 0 Å². The zero-order valence-electron chi connectivity index (χ0n) is 15.7. The Morgan fingerprint density at radius 3 is 2.89 bits per heavy atom. The van der Waals surface area contributed by atoms with Crippen LogP contribution in [0.4, 0.5) is 5.69 Å². The molecule has 0 unspecified atom stereocenters. The smallest absolute Gasteiger partial charge is 0.262 e. The van der Waals surface area contributed by atoms with Gasteiger partial charge < -0.3 is 15.4 Å². The van der Waals surface area contributed by atoms with E-state index in [1.54, 1.807) is 13.0 Å². The molecule has 1 fully saturated rings. The number of fused-ring (bicyclic) bond motifs is 1. The molecule has 27 heavy (non-hydrogen) atoms. The lowest BCUT2D eigenvalue weighted by molar-refractivity contribution is -0.124. The van der Waals surface area contributed by atoms with Gasteiger partial charge in [0.1, 0.15) is 11.8 Å². The first-order valence-electron chi connectivity index (χ1n) is 9.13. The van der Waals surface area contributed by atoms with Crippen molar-refractivity contribution in [3.05, 3.63) is 17.7 Å². The summed E-state index contributed by atoms with van der Waals surface area (Å²) in [5, 5.41) is 5.54. The molecule has 0 radical (unpaired) electrons. The third-order valence-electron chi connectivity index (χ3n) is 5.00. The molecule has 1 saturated heterocycles. The van der Waals surface area contributed by atoms with Crippen LogP contribution in [-0.2, 0) is 19.6 Å². The van der Waals surface area contributed by atoms with E-state index in [-0.39, 0.29) is 29.4 Å². The molecular formula is C18H25N3O5S. The Morgan fingerprint density at radius 1 is 1.44 bits per heavy atom. The molecule has 148 valence electrons. The van der Waals surface area contributed by atoms with Crippen LogP contribution in [-0.4, -0.2) is 49.8 Å². The third-order valence-corrected chi connectivity index (χ3v) is 7.05. The van der Waals surface area contributed by atoms with Crippen molar-refractivity contribution < 1.29 is 22.7 Å². The average Bonchev–Trinajstić information content (AvgIpc) is 3.11. The molecule has 8 nitrogen and oxygen atoms in total. The minimum absolute atomic E-state index is 0.00912. The number of amides is 2. The Labute approximate surface area is 159 Å². The number of ether oxygens (including phenoxy) is 1. The van der Waals surface area contributed by atoms with Crippen molar-refractivity contribution >= 4 is 27.5 Å². The van der Waals surface area contributed by atoms with Crippen molar-refractivity contribution in [2.24, 2.45) is 0 Å². The highest BCUT2D eigenvalue weighted by Gasteiger charge is 2.40. The number of anilines is 1. The van der Waals surface area contributed by atoms with Crippen LogP contribution in [0.25, 0.3) is 0 Å². The van der Waals surface area contributed by atoms with Crippen molar-refractivity contribution in [2.45, 2.75) is 57.0 Å². The second-order valence-electron chi connectivity index (χ2n) is 7.04. The van der Waals surface area contributed by atoms with Gasteiger partial charge in [-0.25, -0.2) is 8.42 Å². The zero-order valence-corrected chi connectivity index (χ0v) is 16.6. The normalized spacial score (nSPS) is 21.1. The number of sulfonamides is 1. The van der Waals surface area contributed by atoms with Crippen molar-refractivity contribution in [3.63, 3.8) is 0 Å². The molecule has 2 N–H and O–H groups in total. The molecule has 1 aromatic rings. The van der Waals surface area contributed by atoms with Gasteiger partial charge in [-0.05, 0) is 44.7 Å². The summed E-state index contributed by atoms with van der Waals surface area (Å²) in [6, 6.07) is 2.30. The van der Waals surface area contributed by atoms with Gasteiger partial charge in [-0.3, -0.25) is 9.59 Å². The van der Waals surface area contributed by atoms with Crippen molar-refractivity contribution in [1.29, 1.82) is 0 Å². The summed E-state index contributed by atoms with van der Waals surface area (Å²) in [4.78, 5) is 24.1. The van der Waals surface area contributed by atoms with Crippen LogP contribution in [0.1, 0.15) is 38.7 Å². The number of carbonyl (C=O) groups is 2. The molecule has 0 saturated carbocycles. The summed E-state index contributed by atoms with van der Waals surface area (Å²) < 4.78 is 33.2. The summed E-state index contributed by atoms with van der Waals surface area (Å²) in [6.07, 6.45) is 1.91. The highest BCUT2D eigenvalue weighted by molar-refractivity contribution is 7.89. The molecule has 0 spiro atoms. The zero-order chi connectivity index (χ0) is 19.8. The fourth-order valence-corrected chi connectivity index (χ4v) is 5.23. The van der Waals surface area contributed by atoms with Crippen LogP contribution >= 0.6 is 0 Å². The maximum absolute atomic E-state index is 13.3. The first kappa shape index (κ1) is 19.6. The summed E-state index contributed by atoms with van der Waals surface area (Å²) in [5.41, 5.74) is 0.947. The molecule has 0 aromatic heterocycles. The summed E-state index contributed by atoms with van der Waals surface area (Å²) in [6.45, 7) is 5.67. The average molecular weight is 395 g/mol. The van der Waals surface area contributed by atoms with Crippen molar-refractivity contribution in [1.82, 2.24) is 9.62 Å². The van der Waals surface area contributed by atoms with E-state index in [0.29, 0.717) is 36.4 Å². The lowest BCUT2D eigenvalue weighted by Gasteiger charge is -2.26. The number of hydrogen-bond donors (Lipinski definition) is 2. The van der Waals surface area contributed by atoms with Gasteiger partial charge in [-0.2, -0.15) is 4.31 Å². The molecule has 0 aliphatic carbocycles. The van der Waals surface area contributed by atoms with Gasteiger partial charge in [0, 0.05) is 18.7 Å². The predicted octanol–water partition coefficient (Wildman–Crippen LogP) is 1.39. The summed E-state index contributed by atoms with van der Waals surface area (Å²) in [7, 11) is -3.87. The number of aryl methyl sites for hydroxylation is 1. The van der Waals surface area contributed by atoms with E-state index in [9.17, 15) is 18.0 Å². The fourth-order valence-electron chi connectivity index (χ4n) is 3.35. The third kappa shape index (κ3) is 3.79.